The molecule has 0 spiro atoms. The number of amides is 1. The molecule has 0 aliphatic carbocycles. The lowest BCUT2D eigenvalue weighted by Crippen LogP contribution is -2.31. The number of unbranched alkanes of at least 4 members (excludes halogenated alkanes) is 1. The van der Waals surface area contributed by atoms with Crippen molar-refractivity contribution in [3.63, 3.8) is 0 Å². The predicted octanol–water partition coefficient (Wildman–Crippen LogP) is 5.46. The molecule has 0 saturated carbocycles. The smallest absolute Gasteiger partial charge is 0.253 e. The van der Waals surface area contributed by atoms with Crippen molar-refractivity contribution in [1.82, 2.24) is 10.3 Å². The molecule has 1 aliphatic heterocycles. The van der Waals surface area contributed by atoms with Crippen LogP contribution in [0.25, 0.3) is 16.9 Å². The van der Waals surface area contributed by atoms with Crippen LogP contribution >= 0.6 is 11.6 Å². The quantitative estimate of drug-likeness (QED) is 0.338. The molecule has 0 unspecified atom stereocenters. The number of carbonyl (C=O) groups is 1. The molecular formula is C27H27ClF2N3O4-. The van der Waals surface area contributed by atoms with Crippen molar-refractivity contribution in [2.24, 2.45) is 0 Å². The highest BCUT2D eigenvalue weighted by Crippen LogP contribution is 2.51. The van der Waals surface area contributed by atoms with Gasteiger partial charge in [-0.15, -0.1) is 0 Å². The van der Waals surface area contributed by atoms with E-state index in [9.17, 15) is 4.79 Å². The molecular weight excluding hydrogens is 504 g/mol. The summed E-state index contributed by atoms with van der Waals surface area (Å²) in [5.74, 6) is -2.73. The lowest BCUT2D eigenvalue weighted by atomic mass is 9.82. The van der Waals surface area contributed by atoms with E-state index in [1.54, 1.807) is 0 Å². The van der Waals surface area contributed by atoms with E-state index < -0.39 is 29.0 Å². The summed E-state index contributed by atoms with van der Waals surface area (Å²) in [5, 5.41) is 11.2. The molecule has 1 aromatic heterocycles. The molecule has 37 heavy (non-hydrogen) atoms. The monoisotopic (exact) mass is 530 g/mol. The molecule has 1 amide bonds. The third kappa shape index (κ3) is 5.12. The van der Waals surface area contributed by atoms with Crippen LogP contribution in [0.5, 0.6) is 11.6 Å². The van der Waals surface area contributed by atoms with Gasteiger partial charge >= 0.3 is 0 Å². The molecule has 3 N–H and O–H groups in total. The normalized spacial score (nSPS) is 16.3. The summed E-state index contributed by atoms with van der Waals surface area (Å²) in [4.78, 5) is 16.6. The number of aliphatic hydroxyl groups excluding tert-OH is 1. The Hall–Kier alpha value is -3.27. The lowest BCUT2D eigenvalue weighted by molar-refractivity contribution is 0.0795. The average molecular weight is 531 g/mol. The fraction of sp³-hybridized carbons (Fsp3) is 0.333. The summed E-state index contributed by atoms with van der Waals surface area (Å²) in [6, 6.07) is 10.6. The number of aromatic nitrogens is 1. The first-order valence-corrected chi connectivity index (χ1v) is 12.3. The van der Waals surface area contributed by atoms with Crippen LogP contribution in [-0.4, -0.2) is 42.8 Å². The van der Waals surface area contributed by atoms with Crippen molar-refractivity contribution in [2.75, 3.05) is 26.8 Å². The number of nitrogens with zero attached hydrogens (tertiary/aromatic N) is 1. The summed E-state index contributed by atoms with van der Waals surface area (Å²) >= 11 is 6.47. The van der Waals surface area contributed by atoms with Crippen molar-refractivity contribution in [1.29, 1.82) is 0 Å². The number of rotatable bonds is 10. The first-order chi connectivity index (χ1) is 17.9. The number of fused-ring (bicyclic) bond motifs is 1. The van der Waals surface area contributed by atoms with E-state index in [2.05, 4.69) is 10.3 Å². The number of ether oxygens (including phenoxy) is 2. The maximum Gasteiger partial charge on any atom is 0.253 e. The Morgan fingerprint density at radius 2 is 2.03 bits per heavy atom. The van der Waals surface area contributed by atoms with E-state index in [4.69, 9.17) is 31.9 Å². The van der Waals surface area contributed by atoms with Crippen LogP contribution in [0.15, 0.2) is 42.6 Å². The second-order valence-electron chi connectivity index (χ2n) is 8.69. The first kappa shape index (κ1) is 26.8. The minimum atomic E-state index is -1.00. The number of hydrogen-bond acceptors (Lipinski definition) is 5. The van der Waals surface area contributed by atoms with Gasteiger partial charge in [-0.1, -0.05) is 54.8 Å². The van der Waals surface area contributed by atoms with E-state index in [-0.39, 0.29) is 53.6 Å². The number of halogens is 3. The maximum atomic E-state index is 15.9. The number of hydrogen-bond donors (Lipinski definition) is 2. The van der Waals surface area contributed by atoms with Crippen molar-refractivity contribution < 1.29 is 28.2 Å². The average Bonchev–Trinajstić information content (AvgIpc) is 3.28. The molecule has 2 aromatic carbocycles. The number of benzene rings is 2. The van der Waals surface area contributed by atoms with Crippen LogP contribution < -0.4 is 14.8 Å². The molecule has 10 heteroatoms. The van der Waals surface area contributed by atoms with Gasteiger partial charge in [0.15, 0.2) is 5.82 Å². The van der Waals surface area contributed by atoms with Gasteiger partial charge in [0.1, 0.15) is 23.8 Å². The van der Waals surface area contributed by atoms with Crippen LogP contribution in [-0.2, 0) is 12.0 Å². The zero-order valence-corrected chi connectivity index (χ0v) is 21.0. The van der Waals surface area contributed by atoms with Gasteiger partial charge in [-0.2, -0.15) is 6.54 Å². The first-order valence-electron chi connectivity index (χ1n) is 11.9. The fourth-order valence-electron chi connectivity index (χ4n) is 4.69. The topological polar surface area (TPSA) is 104 Å². The van der Waals surface area contributed by atoms with Gasteiger partial charge in [0.05, 0.1) is 17.2 Å². The minimum absolute atomic E-state index is 0.0117. The number of nitrogens with one attached hydrogen (secondary N) is 2. The van der Waals surface area contributed by atoms with Crippen LogP contribution in [0.4, 0.5) is 8.78 Å². The van der Waals surface area contributed by atoms with Gasteiger partial charge in [0.25, 0.3) is 11.8 Å². The van der Waals surface area contributed by atoms with Crippen LogP contribution in [0, 0.1) is 11.6 Å². The van der Waals surface area contributed by atoms with E-state index in [0.29, 0.717) is 24.8 Å². The highest BCUT2D eigenvalue weighted by Gasteiger charge is 2.43. The highest BCUT2D eigenvalue weighted by atomic mass is 35.5. The Morgan fingerprint density at radius 1 is 1.27 bits per heavy atom. The predicted molar refractivity (Wildman–Crippen MR) is 136 cm³/mol. The zero-order valence-electron chi connectivity index (χ0n) is 20.2. The second-order valence-corrected chi connectivity index (χ2v) is 9.07. The van der Waals surface area contributed by atoms with Crippen LogP contribution in [0.1, 0.15) is 40.7 Å². The van der Waals surface area contributed by atoms with Crippen molar-refractivity contribution in [2.45, 2.75) is 31.3 Å². The summed E-state index contributed by atoms with van der Waals surface area (Å²) in [6.07, 6.45) is 3.24. The Kier molecular flexibility index (Phi) is 8.26. The molecule has 0 radical (unpaired) electrons. The largest absolute Gasteiger partial charge is 0.677 e. The zero-order chi connectivity index (χ0) is 26.6. The summed E-state index contributed by atoms with van der Waals surface area (Å²) in [6.45, 7) is -0.346. The maximum absolute atomic E-state index is 15.9. The molecule has 7 nitrogen and oxygen atoms in total. The molecule has 196 valence electrons. The summed E-state index contributed by atoms with van der Waals surface area (Å²) < 4.78 is 42.7. The van der Waals surface area contributed by atoms with Gasteiger partial charge in [0.2, 0.25) is 0 Å². The molecule has 1 atom stereocenters. The second kappa shape index (κ2) is 11.4. The van der Waals surface area contributed by atoms with E-state index in [0.717, 1.165) is 11.8 Å². The number of pyridine rings is 1. The van der Waals surface area contributed by atoms with Gasteiger partial charge < -0.3 is 25.6 Å². The van der Waals surface area contributed by atoms with Crippen LogP contribution in [0.2, 0.25) is 5.02 Å². The fourth-order valence-corrected chi connectivity index (χ4v) is 4.95. The molecule has 1 aliphatic rings. The highest BCUT2D eigenvalue weighted by molar-refractivity contribution is 6.34. The van der Waals surface area contributed by atoms with Gasteiger partial charge in [0, 0.05) is 42.4 Å². The Balaban J connectivity index is 1.94. The lowest BCUT2D eigenvalue weighted by Gasteiger charge is -2.30. The molecule has 0 fully saturated rings. The molecule has 3 aromatic rings. The van der Waals surface area contributed by atoms with Crippen molar-refractivity contribution in [3.8, 4) is 22.8 Å². The van der Waals surface area contributed by atoms with E-state index in [1.165, 1.54) is 13.1 Å². The van der Waals surface area contributed by atoms with Gasteiger partial charge in [-0.25, -0.2) is 13.8 Å². The minimum Gasteiger partial charge on any atom is -0.677 e. The third-order valence-electron chi connectivity index (χ3n) is 6.40. The number of carbonyl (C=O) groups excluding carboxylic acids is 1. The Bertz CT molecular complexity index is 1290. The van der Waals surface area contributed by atoms with Crippen molar-refractivity contribution >= 4 is 17.5 Å². The summed E-state index contributed by atoms with van der Waals surface area (Å²) in [7, 11) is 1.38. The molecule has 0 bridgehead atoms. The summed E-state index contributed by atoms with van der Waals surface area (Å²) in [5.41, 5.74) is 7.51. The van der Waals surface area contributed by atoms with Crippen LogP contribution in [0.3, 0.4) is 0 Å². The number of aliphatic hydroxyl groups is 1. The van der Waals surface area contributed by atoms with Gasteiger partial charge in [-0.05, 0) is 12.0 Å². The third-order valence-corrected chi connectivity index (χ3v) is 6.77. The Morgan fingerprint density at radius 3 is 2.70 bits per heavy atom. The molecule has 0 saturated heterocycles. The molecule has 4 rings (SSSR count). The van der Waals surface area contributed by atoms with E-state index >= 15 is 8.78 Å². The van der Waals surface area contributed by atoms with Crippen molar-refractivity contribution in [3.05, 3.63) is 81.7 Å². The standard InChI is InChI=1S/C27H27ClF2N3O4/c1-32-25(35)18-15-33-26(36-12-11-34)24(30)22(18)21-17-14-27(9-5-6-10-31,16-7-3-2-4-8-16)37-20(17)13-19(29)23(21)28/h2-4,7-8,13,15,31,34H,5-6,9-12,14H2,1H3,(H,32,35)/q-1/t27-/m0/s1. The van der Waals surface area contributed by atoms with Gasteiger partial charge in [-0.3, -0.25) is 4.79 Å². The van der Waals surface area contributed by atoms with E-state index in [1.807, 2.05) is 30.3 Å². The molecule has 2 heterocycles. The Labute approximate surface area is 218 Å². The SMILES string of the molecule is CNC(=O)c1cnc(OCCO)c(F)c1-c1c(Cl)c(F)cc2c1C[C@@](CCCC[NH-])(c1ccccc1)O2.